The van der Waals surface area contributed by atoms with E-state index in [4.69, 9.17) is 0 Å². The van der Waals surface area contributed by atoms with Gasteiger partial charge in [0, 0.05) is 12.1 Å². The normalized spacial score (nSPS) is 12.1. The van der Waals surface area contributed by atoms with E-state index in [1.807, 2.05) is 19.6 Å². The third kappa shape index (κ3) is 4.13. The predicted octanol–water partition coefficient (Wildman–Crippen LogP) is 1.08. The van der Waals surface area contributed by atoms with Crippen LogP contribution in [0.5, 0.6) is 0 Å². The molecule has 0 unspecified atom stereocenters. The summed E-state index contributed by atoms with van der Waals surface area (Å²) in [5.41, 5.74) is 0. The average molecular weight is 214 g/mol. The Bertz CT molecular complexity index is 286. The van der Waals surface area contributed by atoms with Gasteiger partial charge < -0.3 is 4.74 Å². The maximum atomic E-state index is 11.2. The second kappa shape index (κ2) is 4.85. The number of ether oxygens (including phenoxy) is 1. The van der Waals surface area contributed by atoms with Crippen molar-refractivity contribution >= 4 is 26.1 Å². The summed E-state index contributed by atoms with van der Waals surface area (Å²) in [4.78, 5) is 32.0. The van der Waals surface area contributed by atoms with Gasteiger partial charge in [-0.15, -0.1) is 0 Å². The van der Waals surface area contributed by atoms with Gasteiger partial charge in [0.15, 0.2) is 6.29 Å². The Morgan fingerprint density at radius 3 is 2.00 bits per heavy atom. The van der Waals surface area contributed by atoms with E-state index >= 15 is 0 Å². The van der Waals surface area contributed by atoms with Crippen LogP contribution >= 0.6 is 0 Å². The van der Waals surface area contributed by atoms with Crippen LogP contribution < -0.4 is 0 Å². The van der Waals surface area contributed by atoms with E-state index < -0.39 is 19.8 Å². The molecule has 78 valence electrons. The fourth-order valence-electron chi connectivity index (χ4n) is 0.810. The van der Waals surface area contributed by atoms with Crippen LogP contribution in [0, 0.1) is 0 Å². The molecule has 0 aliphatic heterocycles. The van der Waals surface area contributed by atoms with Gasteiger partial charge in [0.2, 0.25) is 5.78 Å². The summed E-state index contributed by atoms with van der Waals surface area (Å²) in [6.45, 7) is 6.92. The molecule has 0 aliphatic rings. The molecule has 0 saturated carbocycles. The summed E-state index contributed by atoms with van der Waals surface area (Å²) >= 11 is 0. The maximum absolute atomic E-state index is 11.2. The van der Waals surface area contributed by atoms with Crippen LogP contribution in [-0.4, -0.2) is 26.1 Å². The van der Waals surface area contributed by atoms with Gasteiger partial charge in [-0.05, 0) is 0 Å². The van der Waals surface area contributed by atoms with Crippen LogP contribution in [0.3, 0.4) is 0 Å². The quantitative estimate of drug-likeness (QED) is 0.175. The third-order valence-corrected chi connectivity index (χ3v) is 3.50. The van der Waals surface area contributed by atoms with E-state index in [2.05, 4.69) is 4.74 Å². The molecule has 0 aromatic heterocycles. The van der Waals surface area contributed by atoms with Crippen LogP contribution in [0.4, 0.5) is 0 Å². The Morgan fingerprint density at radius 2 is 1.71 bits per heavy atom. The highest BCUT2D eigenvalue weighted by Gasteiger charge is 2.26. The Kier molecular flexibility index (Phi) is 4.42. The van der Waals surface area contributed by atoms with Crippen molar-refractivity contribution in [1.29, 1.82) is 0 Å². The van der Waals surface area contributed by atoms with Crippen LogP contribution in [0.2, 0.25) is 19.6 Å². The smallest absolute Gasteiger partial charge is 0.307 e. The number of rotatable bonds is 4. The van der Waals surface area contributed by atoms with E-state index in [-0.39, 0.29) is 6.29 Å². The van der Waals surface area contributed by atoms with Crippen molar-refractivity contribution in [2.45, 2.75) is 26.6 Å². The minimum Gasteiger partial charge on any atom is -0.435 e. The molecular weight excluding hydrogens is 200 g/mol. The molecule has 5 heteroatoms. The number of carbonyl (C=O) groups excluding carboxylic acids is 3. The lowest BCUT2D eigenvalue weighted by Crippen LogP contribution is -2.30. The fraction of sp³-hybridized carbons (Fsp3) is 0.444. The summed E-state index contributed by atoms with van der Waals surface area (Å²) in [6.07, 6.45) is 1.35. The molecular formula is C9H14O4Si. The zero-order valence-corrected chi connectivity index (χ0v) is 9.79. The van der Waals surface area contributed by atoms with Gasteiger partial charge >= 0.3 is 5.97 Å². The van der Waals surface area contributed by atoms with Crippen molar-refractivity contribution < 1.29 is 19.1 Å². The first-order chi connectivity index (χ1) is 6.29. The highest BCUT2D eigenvalue weighted by molar-refractivity contribution is 6.89. The number of Topliss-reactive ketones (excluding diaryl/α,β-unsaturated/α-hetero) is 1. The SMILES string of the molecule is CC(=O)OC=C(C(=O)C=O)[Si](C)(C)C. The van der Waals surface area contributed by atoms with Gasteiger partial charge in [0.1, 0.15) is 0 Å². The van der Waals surface area contributed by atoms with Crippen LogP contribution in [0.25, 0.3) is 0 Å². The highest BCUT2D eigenvalue weighted by Crippen LogP contribution is 2.14. The van der Waals surface area contributed by atoms with E-state index in [1.165, 1.54) is 6.92 Å². The molecule has 0 saturated heterocycles. The van der Waals surface area contributed by atoms with E-state index in [0.717, 1.165) is 6.26 Å². The molecule has 0 fully saturated rings. The van der Waals surface area contributed by atoms with Gasteiger partial charge in [0.05, 0.1) is 14.3 Å². The molecule has 0 rings (SSSR count). The molecule has 0 aromatic rings. The highest BCUT2D eigenvalue weighted by atomic mass is 28.3. The fourth-order valence-corrected chi connectivity index (χ4v) is 2.02. The molecule has 0 heterocycles. The number of hydrogen-bond acceptors (Lipinski definition) is 4. The molecule has 0 aromatic carbocycles. The Balaban J connectivity index is 4.91. The monoisotopic (exact) mass is 214 g/mol. The Hall–Kier alpha value is -1.23. The van der Waals surface area contributed by atoms with E-state index in [9.17, 15) is 14.4 Å². The first-order valence-corrected chi connectivity index (χ1v) is 7.66. The molecule has 0 amide bonds. The molecule has 0 bridgehead atoms. The number of carbonyl (C=O) groups is 3. The molecule has 0 spiro atoms. The van der Waals surface area contributed by atoms with Gasteiger partial charge in [0.25, 0.3) is 0 Å². The molecule has 0 radical (unpaired) electrons. The molecule has 0 aliphatic carbocycles. The van der Waals surface area contributed by atoms with E-state index in [1.54, 1.807) is 0 Å². The number of ketones is 1. The number of allylic oxidation sites excluding steroid dienone is 1. The predicted molar refractivity (Wildman–Crippen MR) is 54.3 cm³/mol. The van der Waals surface area contributed by atoms with Gasteiger partial charge in [-0.2, -0.15) is 0 Å². The standard InChI is InChI=1S/C9H14O4Si/c1-7(11)13-6-9(8(12)5-10)14(2,3)4/h5-6H,1-4H3. The van der Waals surface area contributed by atoms with Crippen molar-refractivity contribution in [3.63, 3.8) is 0 Å². The van der Waals surface area contributed by atoms with Crippen molar-refractivity contribution in [2.75, 3.05) is 0 Å². The summed E-state index contributed by atoms with van der Waals surface area (Å²) in [5, 5.41) is 0.322. The van der Waals surface area contributed by atoms with Gasteiger partial charge in [-0.3, -0.25) is 14.4 Å². The second-order valence-electron chi connectivity index (χ2n) is 3.87. The van der Waals surface area contributed by atoms with Crippen molar-refractivity contribution in [2.24, 2.45) is 0 Å². The molecule has 4 nitrogen and oxygen atoms in total. The number of esters is 1. The zero-order chi connectivity index (χ0) is 11.4. The third-order valence-electron chi connectivity index (χ3n) is 1.52. The Labute approximate surface area is 83.9 Å². The largest absolute Gasteiger partial charge is 0.435 e. The first-order valence-electron chi connectivity index (χ1n) is 4.16. The lowest BCUT2D eigenvalue weighted by atomic mass is 10.4. The van der Waals surface area contributed by atoms with Crippen molar-refractivity contribution in [3.8, 4) is 0 Å². The van der Waals surface area contributed by atoms with Crippen LogP contribution in [0.1, 0.15) is 6.92 Å². The van der Waals surface area contributed by atoms with Crippen LogP contribution in [-0.2, 0) is 19.1 Å². The first kappa shape index (κ1) is 12.8. The number of aldehydes is 1. The summed E-state index contributed by atoms with van der Waals surface area (Å²) in [7, 11) is -1.93. The number of hydrogen-bond donors (Lipinski definition) is 0. The lowest BCUT2D eigenvalue weighted by Gasteiger charge is -2.16. The maximum Gasteiger partial charge on any atom is 0.307 e. The van der Waals surface area contributed by atoms with Gasteiger partial charge in [-0.1, -0.05) is 19.6 Å². The molecule has 0 N–H and O–H groups in total. The van der Waals surface area contributed by atoms with E-state index in [0.29, 0.717) is 5.20 Å². The topological polar surface area (TPSA) is 60.4 Å². The minimum absolute atomic E-state index is 0.244. The average Bonchev–Trinajstić information content (AvgIpc) is 2.01. The molecule has 14 heavy (non-hydrogen) atoms. The minimum atomic E-state index is -1.93. The lowest BCUT2D eigenvalue weighted by molar-refractivity contribution is -0.135. The summed E-state index contributed by atoms with van der Waals surface area (Å²) in [5.74, 6) is -1.11. The second-order valence-corrected chi connectivity index (χ2v) is 8.91. The Morgan fingerprint density at radius 1 is 1.21 bits per heavy atom. The summed E-state index contributed by atoms with van der Waals surface area (Å²) < 4.78 is 4.61. The summed E-state index contributed by atoms with van der Waals surface area (Å²) in [6, 6.07) is 0. The molecule has 0 atom stereocenters. The zero-order valence-electron chi connectivity index (χ0n) is 8.79. The van der Waals surface area contributed by atoms with Crippen molar-refractivity contribution in [1.82, 2.24) is 0 Å². The van der Waals surface area contributed by atoms with Crippen molar-refractivity contribution in [3.05, 3.63) is 11.5 Å². The van der Waals surface area contributed by atoms with Crippen LogP contribution in [0.15, 0.2) is 11.5 Å². The van der Waals surface area contributed by atoms with Gasteiger partial charge in [-0.25, -0.2) is 0 Å².